The van der Waals surface area contributed by atoms with Crippen molar-refractivity contribution in [3.8, 4) is 0 Å². The van der Waals surface area contributed by atoms with Gasteiger partial charge in [-0.15, -0.1) is 0 Å². The Balaban J connectivity index is 3.86. The van der Waals surface area contributed by atoms with Crippen molar-refractivity contribution in [1.82, 2.24) is 4.57 Å². The highest BCUT2D eigenvalue weighted by Crippen LogP contribution is 2.05. The van der Waals surface area contributed by atoms with Gasteiger partial charge in [0.05, 0.1) is 0 Å². The van der Waals surface area contributed by atoms with Crippen LogP contribution in [0.5, 0.6) is 0 Å². The summed E-state index contributed by atoms with van der Waals surface area (Å²) in [7, 11) is -0.185. The quantitative estimate of drug-likeness (QED) is 0.590. The molecule has 0 bridgehead atoms. The maximum atomic E-state index is 2.75. The van der Waals surface area contributed by atoms with Gasteiger partial charge in [-0.2, -0.15) is 0 Å². The summed E-state index contributed by atoms with van der Waals surface area (Å²) in [5.41, 5.74) is 1.54. The molecule has 0 rings (SSSR count). The fraction of sp³-hybridized carbons (Fsp3) is 1.00. The molecule has 3 heteroatoms. The first-order valence-electron chi connectivity index (χ1n) is 5.48. The zero-order valence-electron chi connectivity index (χ0n) is 9.98. The Morgan fingerprint density at radius 3 is 1.69 bits per heavy atom. The van der Waals surface area contributed by atoms with Crippen molar-refractivity contribution >= 4 is 17.8 Å². The standard InChI is InChI=1S/C10H25NSi2/c1-6-8-11(9-7-2)13(5)10-12(3)4/h6-10H2,1-5H3. The lowest BCUT2D eigenvalue weighted by Crippen LogP contribution is -2.40. The van der Waals surface area contributed by atoms with E-state index in [0.717, 1.165) is 0 Å². The van der Waals surface area contributed by atoms with Gasteiger partial charge in [0.1, 0.15) is 8.96 Å². The lowest BCUT2D eigenvalue weighted by atomic mass is 10.4. The Kier molecular flexibility index (Phi) is 8.00. The van der Waals surface area contributed by atoms with Crippen LogP contribution in [0.25, 0.3) is 0 Å². The third-order valence-corrected chi connectivity index (χ3v) is 8.54. The van der Waals surface area contributed by atoms with Crippen LogP contribution in [0.4, 0.5) is 0 Å². The first kappa shape index (κ1) is 13.4. The Morgan fingerprint density at radius 1 is 0.923 bits per heavy atom. The van der Waals surface area contributed by atoms with Crippen LogP contribution < -0.4 is 0 Å². The summed E-state index contributed by atoms with van der Waals surface area (Å²) in [5.74, 6) is 0. The normalized spacial score (nSPS) is 12.0. The Morgan fingerprint density at radius 2 is 1.38 bits per heavy atom. The molecule has 0 N–H and O–H groups in total. The molecule has 0 aliphatic rings. The van der Waals surface area contributed by atoms with Crippen molar-refractivity contribution < 1.29 is 0 Å². The van der Waals surface area contributed by atoms with E-state index in [1.54, 1.807) is 0 Å². The first-order chi connectivity index (χ1) is 6.11. The van der Waals surface area contributed by atoms with E-state index in [9.17, 15) is 0 Å². The van der Waals surface area contributed by atoms with Crippen LogP contribution in [0.15, 0.2) is 0 Å². The molecule has 0 aromatic carbocycles. The second kappa shape index (κ2) is 7.77. The fourth-order valence-corrected chi connectivity index (χ4v) is 7.86. The monoisotopic (exact) mass is 215 g/mol. The van der Waals surface area contributed by atoms with Gasteiger partial charge in [0, 0.05) is 8.80 Å². The fourth-order valence-electron chi connectivity index (χ4n) is 1.66. The summed E-state index contributed by atoms with van der Waals surface area (Å²) < 4.78 is 2.75. The zero-order valence-corrected chi connectivity index (χ0v) is 12.0. The highest BCUT2D eigenvalue weighted by atomic mass is 28.3. The van der Waals surface area contributed by atoms with Gasteiger partial charge in [-0.25, -0.2) is 0 Å². The maximum absolute atomic E-state index is 2.75. The van der Waals surface area contributed by atoms with Gasteiger partial charge < -0.3 is 4.57 Å². The van der Waals surface area contributed by atoms with E-state index in [1.165, 1.54) is 31.6 Å². The molecule has 78 valence electrons. The van der Waals surface area contributed by atoms with Crippen LogP contribution in [0.1, 0.15) is 26.7 Å². The van der Waals surface area contributed by atoms with Gasteiger partial charge in [-0.05, 0) is 25.9 Å². The van der Waals surface area contributed by atoms with E-state index in [-0.39, 0.29) is 17.8 Å². The molecule has 13 heavy (non-hydrogen) atoms. The maximum Gasteiger partial charge on any atom is 0.130 e. The van der Waals surface area contributed by atoms with Crippen LogP contribution in [0.3, 0.4) is 0 Å². The molecule has 0 aliphatic carbocycles. The topological polar surface area (TPSA) is 3.24 Å². The van der Waals surface area contributed by atoms with Crippen molar-refractivity contribution in [2.75, 3.05) is 13.1 Å². The average Bonchev–Trinajstić information content (AvgIpc) is 2.02. The first-order valence-corrected chi connectivity index (χ1v) is 10.3. The third kappa shape index (κ3) is 6.46. The van der Waals surface area contributed by atoms with Gasteiger partial charge in [-0.1, -0.05) is 39.2 Å². The van der Waals surface area contributed by atoms with Crippen molar-refractivity contribution in [1.29, 1.82) is 0 Å². The number of hydrogen-bond acceptors (Lipinski definition) is 1. The molecule has 1 nitrogen and oxygen atoms in total. The predicted octanol–water partition coefficient (Wildman–Crippen LogP) is 3.02. The van der Waals surface area contributed by atoms with E-state index in [1.807, 2.05) is 0 Å². The van der Waals surface area contributed by atoms with Gasteiger partial charge in [0.25, 0.3) is 0 Å². The molecule has 0 heterocycles. The highest BCUT2D eigenvalue weighted by molar-refractivity contribution is 6.74. The number of nitrogens with zero attached hydrogens (tertiary/aromatic N) is 1. The second-order valence-corrected chi connectivity index (χ2v) is 10.0. The molecule has 0 saturated heterocycles. The molecule has 0 aliphatic heterocycles. The minimum absolute atomic E-state index is 0.0105. The molecule has 2 radical (unpaired) electrons. The van der Waals surface area contributed by atoms with Crippen molar-refractivity contribution in [3.05, 3.63) is 0 Å². The van der Waals surface area contributed by atoms with E-state index >= 15 is 0 Å². The minimum atomic E-state index is -0.174. The molecule has 0 amide bonds. The summed E-state index contributed by atoms with van der Waals surface area (Å²) in [4.78, 5) is 0. The van der Waals surface area contributed by atoms with E-state index < -0.39 is 0 Å². The number of rotatable bonds is 7. The molecule has 0 saturated carbocycles. The van der Waals surface area contributed by atoms with Gasteiger partial charge in [-0.3, -0.25) is 0 Å². The molecule has 0 aromatic rings. The lowest BCUT2D eigenvalue weighted by molar-refractivity contribution is 0.431. The molecular formula is C10H25NSi2. The molecular weight excluding hydrogens is 190 g/mol. The van der Waals surface area contributed by atoms with Gasteiger partial charge >= 0.3 is 0 Å². The summed E-state index contributed by atoms with van der Waals surface area (Å²) in [5, 5.41) is 0. The molecule has 0 spiro atoms. The summed E-state index contributed by atoms with van der Waals surface area (Å²) in [6.45, 7) is 14.6. The molecule has 0 aromatic heterocycles. The Hall–Kier alpha value is 0.394. The van der Waals surface area contributed by atoms with Gasteiger partial charge in [0.15, 0.2) is 0 Å². The number of hydrogen-bond donors (Lipinski definition) is 0. The molecule has 0 fully saturated rings. The summed E-state index contributed by atoms with van der Waals surface area (Å²) in [6, 6.07) is 0. The second-order valence-electron chi connectivity index (χ2n) is 4.11. The lowest BCUT2D eigenvalue weighted by Gasteiger charge is -2.27. The Bertz CT molecular complexity index is 111. The smallest absolute Gasteiger partial charge is 0.130 e. The summed E-state index contributed by atoms with van der Waals surface area (Å²) in [6.07, 6.45) is 2.63. The predicted molar refractivity (Wildman–Crippen MR) is 66.1 cm³/mol. The highest BCUT2D eigenvalue weighted by Gasteiger charge is 2.15. The minimum Gasteiger partial charge on any atom is -0.325 e. The van der Waals surface area contributed by atoms with E-state index in [0.29, 0.717) is 0 Å². The van der Waals surface area contributed by atoms with Gasteiger partial charge in [0.2, 0.25) is 0 Å². The van der Waals surface area contributed by atoms with Crippen molar-refractivity contribution in [2.45, 2.75) is 52.0 Å². The SMILES string of the molecule is CCCN(CCC)[Si](C)C[Si](C)C. The van der Waals surface area contributed by atoms with Crippen LogP contribution in [-0.2, 0) is 0 Å². The van der Waals surface area contributed by atoms with E-state index in [2.05, 4.69) is 38.1 Å². The molecule has 0 atom stereocenters. The van der Waals surface area contributed by atoms with E-state index in [4.69, 9.17) is 0 Å². The third-order valence-electron chi connectivity index (χ3n) is 2.14. The Labute approximate surface area is 87.8 Å². The molecule has 0 unspecified atom stereocenters. The van der Waals surface area contributed by atoms with Crippen LogP contribution in [-0.4, -0.2) is 35.4 Å². The van der Waals surface area contributed by atoms with Crippen molar-refractivity contribution in [2.24, 2.45) is 0 Å². The van der Waals surface area contributed by atoms with Crippen LogP contribution in [0.2, 0.25) is 25.3 Å². The van der Waals surface area contributed by atoms with Crippen LogP contribution in [0, 0.1) is 0 Å². The van der Waals surface area contributed by atoms with Crippen molar-refractivity contribution in [3.63, 3.8) is 0 Å². The largest absolute Gasteiger partial charge is 0.325 e. The zero-order chi connectivity index (χ0) is 10.3. The van der Waals surface area contributed by atoms with Crippen LogP contribution >= 0.6 is 0 Å². The average molecular weight is 215 g/mol. The summed E-state index contributed by atoms with van der Waals surface area (Å²) >= 11 is 0.